The third-order valence-electron chi connectivity index (χ3n) is 6.95. The molecule has 10 heteroatoms. The van der Waals surface area contributed by atoms with Gasteiger partial charge in [-0.3, -0.25) is 14.4 Å². The fourth-order valence-corrected chi connectivity index (χ4v) is 4.96. The van der Waals surface area contributed by atoms with E-state index in [9.17, 15) is 14.4 Å². The molecule has 0 bridgehead atoms. The molecule has 208 valence electrons. The van der Waals surface area contributed by atoms with Gasteiger partial charge in [0, 0.05) is 29.7 Å². The zero-order valence-electron chi connectivity index (χ0n) is 22.4. The zero-order valence-corrected chi connectivity index (χ0v) is 23.2. The number of carbonyl (C=O) groups is 3. The van der Waals surface area contributed by atoms with Crippen molar-refractivity contribution >= 4 is 74.4 Å². The second kappa shape index (κ2) is 11.2. The quantitative estimate of drug-likeness (QED) is 0.141. The maximum Gasteiger partial charge on any atom is 0.291 e. The van der Waals surface area contributed by atoms with E-state index in [-0.39, 0.29) is 29.4 Å². The highest BCUT2D eigenvalue weighted by atomic mass is 35.5. The molecule has 0 spiro atoms. The number of aromatic nitrogens is 2. The van der Waals surface area contributed by atoms with E-state index < -0.39 is 0 Å². The summed E-state index contributed by atoms with van der Waals surface area (Å²) in [5, 5.41) is 9.19. The Hall–Kier alpha value is -5.41. The van der Waals surface area contributed by atoms with Gasteiger partial charge in [-0.1, -0.05) is 42.5 Å². The van der Waals surface area contributed by atoms with Crippen LogP contribution in [-0.4, -0.2) is 40.6 Å². The minimum Gasteiger partial charge on any atom is -0.354 e. The summed E-state index contributed by atoms with van der Waals surface area (Å²) in [7, 11) is 1.66. The summed E-state index contributed by atoms with van der Waals surface area (Å²) in [6, 6.07) is 29.5. The molecule has 1 aliphatic heterocycles. The number of halogens is 1. The highest BCUT2D eigenvalue weighted by Gasteiger charge is 2.29. The first-order valence-corrected chi connectivity index (χ1v) is 13.7. The number of rotatable bonds is 7. The van der Waals surface area contributed by atoms with Crippen molar-refractivity contribution in [3.05, 3.63) is 114 Å². The molecule has 9 nitrogen and oxygen atoms in total. The van der Waals surface area contributed by atoms with Crippen LogP contribution < -0.4 is 20.9 Å². The number of carbonyl (C=O) groups excluding carboxylic acids is 3. The highest BCUT2D eigenvalue weighted by Crippen LogP contribution is 2.39. The van der Waals surface area contributed by atoms with Gasteiger partial charge in [0.2, 0.25) is 5.91 Å². The Bertz CT molecular complexity index is 1830. The van der Waals surface area contributed by atoms with Gasteiger partial charge in [-0.05, 0) is 60.2 Å². The minimum atomic E-state index is -0.389. The van der Waals surface area contributed by atoms with E-state index in [1.807, 2.05) is 66.7 Å². The number of para-hydroxylation sites is 2. The Balaban J connectivity index is 1.31. The topological polar surface area (TPSA) is 119 Å². The van der Waals surface area contributed by atoms with Gasteiger partial charge in [-0.15, -0.1) is 11.6 Å². The van der Waals surface area contributed by atoms with Crippen molar-refractivity contribution in [2.75, 3.05) is 33.8 Å². The Labute approximate surface area is 246 Å². The van der Waals surface area contributed by atoms with E-state index in [0.29, 0.717) is 39.4 Å². The number of alkyl halides is 1. The first kappa shape index (κ1) is 26.8. The van der Waals surface area contributed by atoms with Gasteiger partial charge in [0.1, 0.15) is 5.88 Å². The van der Waals surface area contributed by atoms with Gasteiger partial charge in [-0.2, -0.15) is 0 Å². The minimum absolute atomic E-state index is 0.111. The van der Waals surface area contributed by atoms with Gasteiger partial charge in [0.05, 0.1) is 28.0 Å². The Morgan fingerprint density at radius 1 is 0.881 bits per heavy atom. The normalized spacial score (nSPS) is 13.3. The van der Waals surface area contributed by atoms with Crippen LogP contribution >= 0.6 is 11.6 Å². The molecule has 0 radical (unpaired) electrons. The van der Waals surface area contributed by atoms with Crippen molar-refractivity contribution in [3.63, 3.8) is 0 Å². The van der Waals surface area contributed by atoms with Crippen LogP contribution in [0.1, 0.15) is 21.7 Å². The number of hydrogen-bond donors (Lipinski definition) is 4. The third kappa shape index (κ3) is 5.21. The van der Waals surface area contributed by atoms with Crippen molar-refractivity contribution < 1.29 is 14.4 Å². The van der Waals surface area contributed by atoms with Crippen molar-refractivity contribution in [3.8, 4) is 0 Å². The fraction of sp³-hybridized carbons (Fsp3) is 0.0625. The molecule has 0 unspecified atom stereocenters. The van der Waals surface area contributed by atoms with Crippen molar-refractivity contribution in [1.29, 1.82) is 0 Å². The standard InChI is InChI=1S/C32H25ClN6O3/c1-39(27(40)18-33)22-14-11-20(12-15-22)34-29(19-7-3-2-4-8-19)28-23-16-13-21(17-26(23)38-31(28)41)35-32(42)30-36-24-9-5-6-10-25(24)37-30/h2-17,34H,18H2,1H3,(H,35,42)(H,36,37)(H,38,41)/b29-28-. The van der Waals surface area contributed by atoms with Gasteiger partial charge in [0.15, 0.2) is 5.82 Å². The first-order valence-electron chi connectivity index (χ1n) is 13.1. The molecule has 0 atom stereocenters. The SMILES string of the molecule is CN(C(=O)CCl)c1ccc(N/C(=C2\C(=O)Nc3cc(NC(=O)c4nc5ccccc5[nH]4)ccc32)c2ccccc2)cc1. The number of imidazole rings is 1. The zero-order chi connectivity index (χ0) is 29.2. The van der Waals surface area contributed by atoms with Crippen molar-refractivity contribution in [2.45, 2.75) is 0 Å². The van der Waals surface area contributed by atoms with E-state index in [4.69, 9.17) is 11.6 Å². The molecule has 3 amide bonds. The van der Waals surface area contributed by atoms with Crippen LogP contribution in [0.3, 0.4) is 0 Å². The summed E-state index contributed by atoms with van der Waals surface area (Å²) in [6.45, 7) is 0. The molecule has 5 aromatic rings. The molecule has 2 heterocycles. The molecule has 4 N–H and O–H groups in total. The molecule has 1 aromatic heterocycles. The van der Waals surface area contributed by atoms with Gasteiger partial charge < -0.3 is 25.8 Å². The predicted octanol–water partition coefficient (Wildman–Crippen LogP) is 5.95. The molecule has 42 heavy (non-hydrogen) atoms. The number of aromatic amines is 1. The molecule has 6 rings (SSSR count). The maximum atomic E-state index is 13.4. The molecular weight excluding hydrogens is 552 g/mol. The summed E-state index contributed by atoms with van der Waals surface area (Å²) in [4.78, 5) is 47.1. The average molecular weight is 577 g/mol. The summed E-state index contributed by atoms with van der Waals surface area (Å²) < 4.78 is 0. The van der Waals surface area contributed by atoms with Crippen molar-refractivity contribution in [2.24, 2.45) is 0 Å². The Morgan fingerprint density at radius 3 is 2.33 bits per heavy atom. The summed E-state index contributed by atoms with van der Waals surface area (Å²) in [5.74, 6) is -0.792. The average Bonchev–Trinajstić information content (AvgIpc) is 3.60. The van der Waals surface area contributed by atoms with Gasteiger partial charge >= 0.3 is 0 Å². The second-order valence-corrected chi connectivity index (χ2v) is 9.91. The summed E-state index contributed by atoms with van der Waals surface area (Å²) in [5.41, 5.74) is 6.57. The largest absolute Gasteiger partial charge is 0.354 e. The smallest absolute Gasteiger partial charge is 0.291 e. The summed E-state index contributed by atoms with van der Waals surface area (Å²) >= 11 is 5.70. The highest BCUT2D eigenvalue weighted by molar-refractivity contribution is 6.37. The number of nitrogens with zero attached hydrogens (tertiary/aromatic N) is 2. The fourth-order valence-electron chi connectivity index (χ4n) is 4.78. The number of nitrogens with one attached hydrogen (secondary N) is 4. The Morgan fingerprint density at radius 2 is 1.60 bits per heavy atom. The molecule has 0 fully saturated rings. The summed E-state index contributed by atoms with van der Waals surface area (Å²) in [6.07, 6.45) is 0. The van der Waals surface area contributed by atoms with Gasteiger partial charge in [-0.25, -0.2) is 4.98 Å². The third-order valence-corrected chi connectivity index (χ3v) is 7.18. The first-order chi connectivity index (χ1) is 20.4. The lowest BCUT2D eigenvalue weighted by Crippen LogP contribution is -2.27. The molecular formula is C32H25ClN6O3. The van der Waals surface area contributed by atoms with Crippen LogP contribution in [0.4, 0.5) is 22.7 Å². The monoisotopic (exact) mass is 576 g/mol. The molecule has 0 aliphatic carbocycles. The molecule has 0 saturated carbocycles. The second-order valence-electron chi connectivity index (χ2n) is 9.65. The van der Waals surface area contributed by atoms with Crippen molar-refractivity contribution in [1.82, 2.24) is 9.97 Å². The van der Waals surface area contributed by atoms with Crippen LogP contribution in [-0.2, 0) is 9.59 Å². The number of anilines is 4. The predicted molar refractivity (Wildman–Crippen MR) is 167 cm³/mol. The van der Waals surface area contributed by atoms with Crippen LogP contribution in [0.15, 0.2) is 97.1 Å². The van der Waals surface area contributed by atoms with E-state index in [1.165, 1.54) is 4.90 Å². The molecule has 4 aromatic carbocycles. The maximum absolute atomic E-state index is 13.4. The van der Waals surface area contributed by atoms with E-state index in [2.05, 4.69) is 25.9 Å². The van der Waals surface area contributed by atoms with Gasteiger partial charge in [0.25, 0.3) is 11.8 Å². The van der Waals surface area contributed by atoms with Crippen LogP contribution in [0.2, 0.25) is 0 Å². The number of hydrogen-bond acceptors (Lipinski definition) is 5. The Kier molecular flexibility index (Phi) is 7.16. The van der Waals surface area contributed by atoms with E-state index >= 15 is 0 Å². The number of benzene rings is 4. The van der Waals surface area contributed by atoms with Crippen LogP contribution in [0.25, 0.3) is 22.3 Å². The molecule has 1 aliphatic rings. The number of H-pyrrole nitrogens is 1. The number of fused-ring (bicyclic) bond motifs is 2. The lowest BCUT2D eigenvalue weighted by molar-refractivity contribution is -0.116. The lowest BCUT2D eigenvalue weighted by Gasteiger charge is -2.18. The van der Waals surface area contributed by atoms with E-state index in [1.54, 1.807) is 37.4 Å². The van der Waals surface area contributed by atoms with Crippen LogP contribution in [0, 0.1) is 0 Å². The molecule has 0 saturated heterocycles. The van der Waals surface area contributed by atoms with Crippen LogP contribution in [0.5, 0.6) is 0 Å². The lowest BCUT2D eigenvalue weighted by atomic mass is 9.99. The number of amides is 3. The van der Waals surface area contributed by atoms with E-state index in [0.717, 1.165) is 16.8 Å².